The van der Waals surface area contributed by atoms with Gasteiger partial charge in [-0.25, -0.2) is 0 Å². The molecule has 2 N–H and O–H groups in total. The molecule has 1 heterocycles. The lowest BCUT2D eigenvalue weighted by molar-refractivity contribution is -0.114. The van der Waals surface area contributed by atoms with Crippen LogP contribution in [-0.2, 0) is 4.79 Å². The molecule has 0 saturated carbocycles. The van der Waals surface area contributed by atoms with Crippen molar-refractivity contribution in [1.82, 2.24) is 4.90 Å². The van der Waals surface area contributed by atoms with Gasteiger partial charge in [-0.15, -0.1) is 0 Å². The Kier molecular flexibility index (Phi) is 7.11. The lowest BCUT2D eigenvalue weighted by atomic mass is 9.98. The number of carbonyl (C=O) groups excluding carboxylic acids is 2. The highest BCUT2D eigenvalue weighted by atomic mass is 16.5. The second-order valence-electron chi connectivity index (χ2n) is 7.41. The van der Waals surface area contributed by atoms with Crippen LogP contribution in [0.1, 0.15) is 37.0 Å². The van der Waals surface area contributed by atoms with E-state index in [2.05, 4.69) is 17.6 Å². The largest absolute Gasteiger partial charge is 0.494 e. The van der Waals surface area contributed by atoms with Crippen molar-refractivity contribution >= 4 is 23.2 Å². The van der Waals surface area contributed by atoms with Gasteiger partial charge in [0.1, 0.15) is 5.75 Å². The second-order valence-corrected chi connectivity index (χ2v) is 7.41. The van der Waals surface area contributed by atoms with Crippen LogP contribution in [0.15, 0.2) is 48.5 Å². The third-order valence-electron chi connectivity index (χ3n) is 5.10. The zero-order chi connectivity index (χ0) is 20.6. The van der Waals surface area contributed by atoms with Gasteiger partial charge in [0.25, 0.3) is 5.91 Å². The van der Waals surface area contributed by atoms with Crippen molar-refractivity contribution in [2.45, 2.75) is 26.7 Å². The summed E-state index contributed by atoms with van der Waals surface area (Å²) in [6.45, 7) is 6.56. The van der Waals surface area contributed by atoms with E-state index in [0.29, 0.717) is 18.1 Å². The zero-order valence-electron chi connectivity index (χ0n) is 17.1. The quantitative estimate of drug-likeness (QED) is 0.743. The SMILES string of the molecule is CCOc1ccc(NC(=O)CNc2ccc(C(=O)N3CCC(C)CC3)cc2)cc1. The maximum Gasteiger partial charge on any atom is 0.253 e. The number of benzene rings is 2. The van der Waals surface area contributed by atoms with E-state index in [4.69, 9.17) is 4.74 Å². The van der Waals surface area contributed by atoms with Gasteiger partial charge in [0.2, 0.25) is 5.91 Å². The molecule has 0 bridgehead atoms. The molecule has 0 unspecified atom stereocenters. The molecule has 0 radical (unpaired) electrons. The van der Waals surface area contributed by atoms with E-state index in [1.54, 1.807) is 0 Å². The summed E-state index contributed by atoms with van der Waals surface area (Å²) in [4.78, 5) is 26.6. The van der Waals surface area contributed by atoms with Crippen molar-refractivity contribution in [3.05, 3.63) is 54.1 Å². The van der Waals surface area contributed by atoms with Crippen LogP contribution >= 0.6 is 0 Å². The number of nitrogens with zero attached hydrogens (tertiary/aromatic N) is 1. The number of likely N-dealkylation sites (tertiary alicyclic amines) is 1. The summed E-state index contributed by atoms with van der Waals surface area (Å²) in [5, 5.41) is 5.93. The summed E-state index contributed by atoms with van der Waals surface area (Å²) in [5.41, 5.74) is 2.21. The maximum atomic E-state index is 12.6. The minimum absolute atomic E-state index is 0.0803. The van der Waals surface area contributed by atoms with Crippen LogP contribution in [-0.4, -0.2) is 43.0 Å². The summed E-state index contributed by atoms with van der Waals surface area (Å²) in [5.74, 6) is 1.41. The van der Waals surface area contributed by atoms with E-state index < -0.39 is 0 Å². The van der Waals surface area contributed by atoms with Crippen molar-refractivity contribution in [3.63, 3.8) is 0 Å². The van der Waals surface area contributed by atoms with Gasteiger partial charge in [0.05, 0.1) is 13.2 Å². The van der Waals surface area contributed by atoms with Crippen LogP contribution in [0.5, 0.6) is 5.75 Å². The smallest absolute Gasteiger partial charge is 0.253 e. The van der Waals surface area contributed by atoms with Crippen LogP contribution in [0.25, 0.3) is 0 Å². The van der Waals surface area contributed by atoms with Crippen molar-refractivity contribution < 1.29 is 14.3 Å². The Morgan fingerprint density at radius 1 is 1.00 bits per heavy atom. The average Bonchev–Trinajstić information content (AvgIpc) is 2.74. The molecule has 3 rings (SSSR count). The molecule has 0 spiro atoms. The van der Waals surface area contributed by atoms with Crippen molar-refractivity contribution in [3.8, 4) is 5.75 Å². The maximum absolute atomic E-state index is 12.6. The Morgan fingerprint density at radius 2 is 1.62 bits per heavy atom. The van der Waals surface area contributed by atoms with E-state index in [1.807, 2.05) is 60.4 Å². The minimum Gasteiger partial charge on any atom is -0.494 e. The fraction of sp³-hybridized carbons (Fsp3) is 0.391. The molecule has 1 aliphatic heterocycles. The molecule has 6 nitrogen and oxygen atoms in total. The Bertz CT molecular complexity index is 810. The monoisotopic (exact) mass is 395 g/mol. The van der Waals surface area contributed by atoms with Crippen LogP contribution in [0.2, 0.25) is 0 Å². The number of anilines is 2. The van der Waals surface area contributed by atoms with Crippen molar-refractivity contribution in [1.29, 1.82) is 0 Å². The number of amides is 2. The molecular formula is C23H29N3O3. The van der Waals surface area contributed by atoms with Gasteiger partial charge >= 0.3 is 0 Å². The van der Waals surface area contributed by atoms with Crippen LogP contribution in [0.4, 0.5) is 11.4 Å². The van der Waals surface area contributed by atoms with Gasteiger partial charge in [-0.05, 0) is 74.2 Å². The summed E-state index contributed by atoms with van der Waals surface area (Å²) >= 11 is 0. The molecule has 2 aromatic rings. The molecule has 0 aromatic heterocycles. The Morgan fingerprint density at radius 3 is 2.24 bits per heavy atom. The summed E-state index contributed by atoms with van der Waals surface area (Å²) in [6.07, 6.45) is 2.13. The van der Waals surface area contributed by atoms with E-state index in [1.165, 1.54) is 0 Å². The number of hydrogen-bond acceptors (Lipinski definition) is 4. The normalized spacial score (nSPS) is 14.3. The van der Waals surface area contributed by atoms with Gasteiger partial charge in [-0.2, -0.15) is 0 Å². The zero-order valence-corrected chi connectivity index (χ0v) is 17.1. The lowest BCUT2D eigenvalue weighted by Gasteiger charge is -2.30. The number of piperidine rings is 1. The summed E-state index contributed by atoms with van der Waals surface area (Å²) < 4.78 is 5.39. The topological polar surface area (TPSA) is 70.7 Å². The van der Waals surface area contributed by atoms with Gasteiger partial charge in [0.15, 0.2) is 0 Å². The van der Waals surface area contributed by atoms with Gasteiger partial charge in [-0.3, -0.25) is 9.59 Å². The van der Waals surface area contributed by atoms with E-state index in [-0.39, 0.29) is 18.4 Å². The molecule has 1 aliphatic rings. The Labute approximate surface area is 172 Å². The first-order valence-electron chi connectivity index (χ1n) is 10.2. The van der Waals surface area contributed by atoms with Crippen molar-refractivity contribution in [2.75, 3.05) is 36.9 Å². The minimum atomic E-state index is -0.142. The number of nitrogens with one attached hydrogen (secondary N) is 2. The van der Waals surface area contributed by atoms with E-state index >= 15 is 0 Å². The van der Waals surface area contributed by atoms with Gasteiger partial charge < -0.3 is 20.3 Å². The fourth-order valence-electron chi connectivity index (χ4n) is 3.31. The average molecular weight is 396 g/mol. The number of carbonyl (C=O) groups is 2. The standard InChI is InChI=1S/C23H29N3O3/c1-3-29-21-10-8-20(9-11-21)25-22(27)16-24-19-6-4-18(5-7-19)23(28)26-14-12-17(2)13-15-26/h4-11,17,24H,3,12-16H2,1-2H3,(H,25,27). The first kappa shape index (κ1) is 20.7. The van der Waals surface area contributed by atoms with Gasteiger partial charge in [-0.1, -0.05) is 6.92 Å². The van der Waals surface area contributed by atoms with Crippen LogP contribution < -0.4 is 15.4 Å². The Hall–Kier alpha value is -3.02. The summed E-state index contributed by atoms with van der Waals surface area (Å²) in [6, 6.07) is 14.6. The molecule has 0 atom stereocenters. The van der Waals surface area contributed by atoms with Crippen LogP contribution in [0, 0.1) is 5.92 Å². The fourth-order valence-corrected chi connectivity index (χ4v) is 3.31. The van der Waals surface area contributed by atoms with E-state index in [9.17, 15) is 9.59 Å². The molecule has 6 heteroatoms. The molecule has 1 saturated heterocycles. The molecule has 2 aromatic carbocycles. The molecular weight excluding hydrogens is 366 g/mol. The second kappa shape index (κ2) is 9.96. The highest BCUT2D eigenvalue weighted by Gasteiger charge is 2.21. The molecule has 29 heavy (non-hydrogen) atoms. The molecule has 154 valence electrons. The third kappa shape index (κ3) is 5.98. The highest BCUT2D eigenvalue weighted by Crippen LogP contribution is 2.19. The Balaban J connectivity index is 1.47. The number of rotatable bonds is 7. The van der Waals surface area contributed by atoms with Gasteiger partial charge in [0, 0.05) is 30.0 Å². The molecule has 1 fully saturated rings. The third-order valence-corrected chi connectivity index (χ3v) is 5.10. The number of ether oxygens (including phenoxy) is 1. The predicted molar refractivity (Wildman–Crippen MR) is 115 cm³/mol. The number of hydrogen-bond donors (Lipinski definition) is 2. The highest BCUT2D eigenvalue weighted by molar-refractivity contribution is 5.95. The van der Waals surface area contributed by atoms with Crippen LogP contribution in [0.3, 0.4) is 0 Å². The predicted octanol–water partition coefficient (Wildman–Crippen LogP) is 4.01. The van der Waals surface area contributed by atoms with Crippen molar-refractivity contribution in [2.24, 2.45) is 5.92 Å². The first-order chi connectivity index (χ1) is 14.0. The molecule has 0 aliphatic carbocycles. The first-order valence-corrected chi connectivity index (χ1v) is 10.2. The summed E-state index contributed by atoms with van der Waals surface area (Å²) in [7, 11) is 0. The van der Waals surface area contributed by atoms with E-state index in [0.717, 1.165) is 43.1 Å². The lowest BCUT2D eigenvalue weighted by Crippen LogP contribution is -2.37. The molecule has 2 amide bonds.